The van der Waals surface area contributed by atoms with Crippen molar-refractivity contribution in [3.05, 3.63) is 12.7 Å². The molecule has 0 radical (unpaired) electrons. The number of rotatable bonds is 2. The van der Waals surface area contributed by atoms with Gasteiger partial charge in [0.2, 0.25) is 5.91 Å². The summed E-state index contributed by atoms with van der Waals surface area (Å²) in [6.07, 6.45) is 2.96. The van der Waals surface area contributed by atoms with E-state index in [1.54, 1.807) is 4.90 Å². The third kappa shape index (κ3) is 0.828. The number of hydrogen-bond donors (Lipinski definition) is 1. The Bertz CT molecular complexity index is 423. The molecule has 0 aromatic heterocycles. The van der Waals surface area contributed by atoms with E-state index in [0.29, 0.717) is 12.3 Å². The van der Waals surface area contributed by atoms with E-state index in [0.717, 1.165) is 6.42 Å². The Kier molecular flexibility index (Phi) is 1.63. The summed E-state index contributed by atoms with van der Waals surface area (Å²) in [5.41, 5.74) is -0.509. The van der Waals surface area contributed by atoms with Crippen LogP contribution in [0.2, 0.25) is 0 Å². The summed E-state index contributed by atoms with van der Waals surface area (Å²) in [6, 6.07) is 0. The van der Waals surface area contributed by atoms with Crippen LogP contribution in [0, 0.1) is 23.7 Å². The molecule has 2 aliphatic heterocycles. The lowest BCUT2D eigenvalue weighted by Crippen LogP contribution is -2.48. The highest BCUT2D eigenvalue weighted by atomic mass is 16.6. The predicted octanol–water partition coefficient (Wildman–Crippen LogP) is 0.373. The molecule has 4 nitrogen and oxygen atoms in total. The van der Waals surface area contributed by atoms with Gasteiger partial charge >= 0.3 is 0 Å². The van der Waals surface area contributed by atoms with Crippen LogP contribution in [0.15, 0.2) is 12.7 Å². The maximum absolute atomic E-state index is 12.3. The molecule has 4 rings (SSSR count). The largest absolute Gasteiger partial charge is 0.390 e. The van der Waals surface area contributed by atoms with E-state index in [9.17, 15) is 9.90 Å². The smallest absolute Gasteiger partial charge is 0.228 e. The number of amides is 1. The zero-order chi connectivity index (χ0) is 11.9. The van der Waals surface area contributed by atoms with E-state index in [1.165, 1.54) is 0 Å². The van der Waals surface area contributed by atoms with Crippen LogP contribution in [0.1, 0.15) is 12.8 Å². The van der Waals surface area contributed by atoms with Gasteiger partial charge in [0.25, 0.3) is 0 Å². The third-order valence-corrected chi connectivity index (χ3v) is 5.53. The van der Waals surface area contributed by atoms with Crippen molar-refractivity contribution in [2.75, 3.05) is 7.05 Å². The highest BCUT2D eigenvalue weighted by Crippen LogP contribution is 2.67. The number of aliphatic hydroxyl groups excluding tert-OH is 1. The lowest BCUT2D eigenvalue weighted by atomic mass is 9.76. The molecule has 0 aromatic carbocycles. The van der Waals surface area contributed by atoms with Gasteiger partial charge in [-0.3, -0.25) is 4.79 Å². The molecule has 2 aliphatic carbocycles. The minimum Gasteiger partial charge on any atom is -0.390 e. The number of aliphatic hydroxyl groups is 1. The number of ether oxygens (including phenoxy) is 1. The normalized spacial score (nSPS) is 58.2. The summed E-state index contributed by atoms with van der Waals surface area (Å²) in [5.74, 6) is 0.907. The maximum Gasteiger partial charge on any atom is 0.228 e. The molecule has 4 fully saturated rings. The first-order chi connectivity index (χ1) is 8.12. The summed E-state index contributed by atoms with van der Waals surface area (Å²) in [6.45, 7) is 3.79. The Labute approximate surface area is 100 Å². The summed E-state index contributed by atoms with van der Waals surface area (Å²) < 4.78 is 6.14. The molecular weight excluding hydrogens is 218 g/mol. The second-order valence-electron chi connectivity index (χ2n) is 5.92. The topological polar surface area (TPSA) is 49.8 Å². The van der Waals surface area contributed by atoms with Crippen LogP contribution in [0.5, 0.6) is 0 Å². The van der Waals surface area contributed by atoms with Crippen LogP contribution < -0.4 is 0 Å². The highest BCUT2D eigenvalue weighted by molar-refractivity contribution is 5.84. The van der Waals surface area contributed by atoms with E-state index in [4.69, 9.17) is 4.74 Å². The van der Waals surface area contributed by atoms with Gasteiger partial charge in [-0.2, -0.15) is 0 Å². The number of likely N-dealkylation sites (tertiary alicyclic amines) is 1. The van der Waals surface area contributed by atoms with Crippen LogP contribution in [0.25, 0.3) is 0 Å². The summed E-state index contributed by atoms with van der Waals surface area (Å²) in [7, 11) is 1.83. The molecule has 0 spiro atoms. The molecule has 0 aromatic rings. The maximum atomic E-state index is 12.3. The van der Waals surface area contributed by atoms with E-state index in [2.05, 4.69) is 6.58 Å². The van der Waals surface area contributed by atoms with E-state index < -0.39 is 11.8 Å². The molecule has 1 amide bonds. The number of carbonyl (C=O) groups excluding carboxylic acids is 1. The molecule has 4 aliphatic rings. The SMILES string of the molecule is C=CCC12OC3C(O)C4CC3C1C4C(=O)N2C. The van der Waals surface area contributed by atoms with Crippen molar-refractivity contribution in [2.24, 2.45) is 23.7 Å². The number of hydrogen-bond acceptors (Lipinski definition) is 3. The molecule has 4 heteroatoms. The van der Waals surface area contributed by atoms with Gasteiger partial charge in [-0.1, -0.05) is 6.08 Å². The molecule has 2 heterocycles. The molecule has 2 saturated carbocycles. The molecule has 7 unspecified atom stereocenters. The molecule has 92 valence electrons. The van der Waals surface area contributed by atoms with Gasteiger partial charge in [-0.05, 0) is 18.3 Å². The first-order valence-corrected chi connectivity index (χ1v) is 6.36. The van der Waals surface area contributed by atoms with Crippen molar-refractivity contribution >= 4 is 5.91 Å². The Morgan fingerprint density at radius 3 is 3.12 bits per heavy atom. The van der Waals surface area contributed by atoms with E-state index >= 15 is 0 Å². The van der Waals surface area contributed by atoms with Gasteiger partial charge in [-0.15, -0.1) is 6.58 Å². The lowest BCUT2D eigenvalue weighted by molar-refractivity contribution is -0.171. The zero-order valence-corrected chi connectivity index (χ0v) is 9.87. The van der Waals surface area contributed by atoms with Crippen molar-refractivity contribution in [1.29, 1.82) is 0 Å². The number of fused-ring (bicyclic) bond motifs is 2. The van der Waals surface area contributed by atoms with Crippen molar-refractivity contribution in [1.82, 2.24) is 4.90 Å². The molecule has 2 saturated heterocycles. The molecule has 1 N–H and O–H groups in total. The summed E-state index contributed by atoms with van der Waals surface area (Å²) in [5, 5.41) is 10.2. The quantitative estimate of drug-likeness (QED) is 0.704. The summed E-state index contributed by atoms with van der Waals surface area (Å²) >= 11 is 0. The van der Waals surface area contributed by atoms with E-state index in [-0.39, 0.29) is 29.8 Å². The Morgan fingerprint density at radius 2 is 2.41 bits per heavy atom. The zero-order valence-electron chi connectivity index (χ0n) is 9.87. The van der Waals surface area contributed by atoms with Gasteiger partial charge < -0.3 is 14.7 Å². The fraction of sp³-hybridized carbons (Fsp3) is 0.769. The highest BCUT2D eigenvalue weighted by Gasteiger charge is 2.77. The minimum absolute atomic E-state index is 0.0151. The minimum atomic E-state index is -0.509. The monoisotopic (exact) mass is 235 g/mol. The van der Waals surface area contributed by atoms with Crippen LogP contribution >= 0.6 is 0 Å². The van der Waals surface area contributed by atoms with Gasteiger partial charge in [0, 0.05) is 19.4 Å². The van der Waals surface area contributed by atoms with Gasteiger partial charge in [0.15, 0.2) is 5.72 Å². The third-order valence-electron chi connectivity index (χ3n) is 5.53. The molecule has 17 heavy (non-hydrogen) atoms. The first-order valence-electron chi connectivity index (χ1n) is 6.36. The van der Waals surface area contributed by atoms with Crippen molar-refractivity contribution in [3.63, 3.8) is 0 Å². The predicted molar refractivity (Wildman–Crippen MR) is 59.8 cm³/mol. The molecular formula is C13H17NO3. The number of nitrogens with zero attached hydrogens (tertiary/aromatic N) is 1. The average Bonchev–Trinajstić information content (AvgIpc) is 2.94. The van der Waals surface area contributed by atoms with Crippen molar-refractivity contribution < 1.29 is 14.6 Å². The van der Waals surface area contributed by atoms with Crippen LogP contribution in [0.4, 0.5) is 0 Å². The fourth-order valence-electron chi connectivity index (χ4n) is 4.99. The standard InChI is InChI=1S/C13H17NO3/c1-3-4-13-9-7-5-6(10(15)11(7)17-13)8(9)12(16)14(13)2/h3,6-11,15H,1,4-5H2,2H3. The summed E-state index contributed by atoms with van der Waals surface area (Å²) in [4.78, 5) is 14.1. The van der Waals surface area contributed by atoms with Crippen molar-refractivity contribution in [3.8, 4) is 0 Å². The Balaban J connectivity index is 1.87. The molecule has 7 atom stereocenters. The average molecular weight is 235 g/mol. The Morgan fingerprint density at radius 1 is 1.65 bits per heavy atom. The van der Waals surface area contributed by atoms with E-state index in [1.807, 2.05) is 13.1 Å². The second kappa shape index (κ2) is 2.75. The van der Waals surface area contributed by atoms with Gasteiger partial charge in [-0.25, -0.2) is 0 Å². The molecule has 2 bridgehead atoms. The van der Waals surface area contributed by atoms with Crippen LogP contribution in [0.3, 0.4) is 0 Å². The Hall–Kier alpha value is -0.870. The second-order valence-corrected chi connectivity index (χ2v) is 5.92. The first kappa shape index (κ1) is 10.1. The number of carbonyl (C=O) groups is 1. The van der Waals surface area contributed by atoms with Gasteiger partial charge in [0.05, 0.1) is 18.1 Å². The van der Waals surface area contributed by atoms with Gasteiger partial charge in [0.1, 0.15) is 0 Å². The lowest BCUT2D eigenvalue weighted by Gasteiger charge is -2.35. The van der Waals surface area contributed by atoms with Crippen molar-refractivity contribution in [2.45, 2.75) is 30.8 Å². The fourth-order valence-corrected chi connectivity index (χ4v) is 4.99. The van der Waals surface area contributed by atoms with Crippen LogP contribution in [-0.4, -0.2) is 40.9 Å². The van der Waals surface area contributed by atoms with Crippen LogP contribution in [-0.2, 0) is 9.53 Å².